The van der Waals surface area contributed by atoms with Crippen molar-refractivity contribution in [1.82, 2.24) is 10.6 Å². The first-order valence-electron chi connectivity index (χ1n) is 7.17. The van der Waals surface area contributed by atoms with Crippen molar-refractivity contribution in [3.05, 3.63) is 0 Å². The first-order chi connectivity index (χ1) is 8.85. The second-order valence-corrected chi connectivity index (χ2v) is 5.14. The second-order valence-electron chi connectivity index (χ2n) is 5.14. The lowest BCUT2D eigenvalue weighted by molar-refractivity contribution is -0.140. The summed E-state index contributed by atoms with van der Waals surface area (Å²) >= 11 is 0. The van der Waals surface area contributed by atoms with E-state index >= 15 is 0 Å². The fourth-order valence-electron chi connectivity index (χ4n) is 2.12. The lowest BCUT2D eigenvalue weighted by Gasteiger charge is -2.32. The summed E-state index contributed by atoms with van der Waals surface area (Å²) in [7, 11) is 0. The Kier molecular flexibility index (Phi) is 7.49. The fourth-order valence-corrected chi connectivity index (χ4v) is 2.12. The van der Waals surface area contributed by atoms with Crippen LogP contribution in [0.3, 0.4) is 0 Å². The number of urea groups is 1. The third-order valence-electron chi connectivity index (χ3n) is 4.17. The van der Waals surface area contributed by atoms with Crippen molar-refractivity contribution < 1.29 is 14.7 Å². The van der Waals surface area contributed by atoms with Crippen LogP contribution in [-0.4, -0.2) is 28.7 Å². The number of carbonyl (C=O) groups excluding carboxylic acids is 1. The number of carboxylic acids is 1. The standard InChI is InChI=1S/C14H28N2O3/c1-6-10(5)11(12(17)18)15-13(19)16-14(7-2,8-3)9-4/h10-11H,6-9H2,1-5H3,(H,17,18)(H2,15,16,19). The van der Waals surface area contributed by atoms with Crippen molar-refractivity contribution >= 4 is 12.0 Å². The van der Waals surface area contributed by atoms with Gasteiger partial charge in [-0.2, -0.15) is 0 Å². The predicted molar refractivity (Wildman–Crippen MR) is 76.2 cm³/mol. The molecule has 0 saturated carbocycles. The van der Waals surface area contributed by atoms with Crippen LogP contribution in [0.1, 0.15) is 60.3 Å². The predicted octanol–water partition coefficient (Wildman–Crippen LogP) is 2.75. The van der Waals surface area contributed by atoms with Crippen LogP contribution in [0.25, 0.3) is 0 Å². The highest BCUT2D eigenvalue weighted by atomic mass is 16.4. The van der Waals surface area contributed by atoms with E-state index in [1.807, 2.05) is 34.6 Å². The van der Waals surface area contributed by atoms with E-state index in [2.05, 4.69) is 10.6 Å². The van der Waals surface area contributed by atoms with E-state index in [0.717, 1.165) is 19.3 Å². The molecule has 0 aliphatic heterocycles. The maximum atomic E-state index is 12.0. The molecule has 0 aliphatic carbocycles. The molecule has 0 fully saturated rings. The molecule has 0 aromatic rings. The highest BCUT2D eigenvalue weighted by Crippen LogP contribution is 2.19. The summed E-state index contributed by atoms with van der Waals surface area (Å²) in [6.45, 7) is 9.81. The summed E-state index contributed by atoms with van der Waals surface area (Å²) in [6, 6.07) is -1.23. The first-order valence-corrected chi connectivity index (χ1v) is 7.17. The number of carbonyl (C=O) groups is 2. The highest BCUT2D eigenvalue weighted by molar-refractivity contribution is 5.83. The van der Waals surface area contributed by atoms with Crippen LogP contribution in [0, 0.1) is 5.92 Å². The zero-order chi connectivity index (χ0) is 15.1. The lowest BCUT2D eigenvalue weighted by Crippen LogP contribution is -2.55. The van der Waals surface area contributed by atoms with E-state index in [9.17, 15) is 9.59 Å². The molecule has 5 heteroatoms. The second kappa shape index (κ2) is 8.02. The molecule has 0 radical (unpaired) electrons. The molecule has 0 spiro atoms. The molecule has 19 heavy (non-hydrogen) atoms. The van der Waals surface area contributed by atoms with Gasteiger partial charge in [0.25, 0.3) is 0 Å². The first kappa shape index (κ1) is 17.7. The molecule has 2 atom stereocenters. The molecule has 5 nitrogen and oxygen atoms in total. The van der Waals surface area contributed by atoms with Crippen LogP contribution in [0.5, 0.6) is 0 Å². The lowest BCUT2D eigenvalue weighted by atomic mass is 9.90. The van der Waals surface area contributed by atoms with Crippen molar-refractivity contribution in [2.45, 2.75) is 71.9 Å². The summed E-state index contributed by atoms with van der Waals surface area (Å²) in [5.41, 5.74) is -0.247. The van der Waals surface area contributed by atoms with E-state index in [0.29, 0.717) is 6.42 Å². The van der Waals surface area contributed by atoms with E-state index in [-0.39, 0.29) is 11.5 Å². The molecule has 0 heterocycles. The Bertz CT molecular complexity index is 293. The molecule has 0 aromatic heterocycles. The molecule has 0 aromatic carbocycles. The van der Waals surface area contributed by atoms with Crippen molar-refractivity contribution in [1.29, 1.82) is 0 Å². The minimum absolute atomic E-state index is 0.0949. The van der Waals surface area contributed by atoms with Crippen LogP contribution in [0.2, 0.25) is 0 Å². The third-order valence-corrected chi connectivity index (χ3v) is 4.17. The van der Waals surface area contributed by atoms with Gasteiger partial charge in [0.1, 0.15) is 6.04 Å². The topological polar surface area (TPSA) is 78.4 Å². The van der Waals surface area contributed by atoms with Gasteiger partial charge in [0.15, 0.2) is 0 Å². The van der Waals surface area contributed by atoms with E-state index in [1.54, 1.807) is 0 Å². The average molecular weight is 272 g/mol. The zero-order valence-electron chi connectivity index (χ0n) is 12.7. The van der Waals surface area contributed by atoms with Crippen molar-refractivity contribution in [2.24, 2.45) is 5.92 Å². The van der Waals surface area contributed by atoms with Crippen LogP contribution in [0.15, 0.2) is 0 Å². The fraction of sp³-hybridized carbons (Fsp3) is 0.857. The summed E-state index contributed by atoms with van der Waals surface area (Å²) in [4.78, 5) is 23.2. The quantitative estimate of drug-likeness (QED) is 0.635. The van der Waals surface area contributed by atoms with Crippen LogP contribution < -0.4 is 10.6 Å². The van der Waals surface area contributed by atoms with Gasteiger partial charge in [-0.15, -0.1) is 0 Å². The van der Waals surface area contributed by atoms with Crippen LogP contribution in [-0.2, 0) is 4.79 Å². The van der Waals surface area contributed by atoms with Gasteiger partial charge in [-0.05, 0) is 25.2 Å². The maximum Gasteiger partial charge on any atom is 0.326 e. The van der Waals surface area contributed by atoms with Gasteiger partial charge < -0.3 is 15.7 Å². The summed E-state index contributed by atoms with van der Waals surface area (Å²) in [5, 5.41) is 14.7. The van der Waals surface area contributed by atoms with Crippen molar-refractivity contribution in [3.8, 4) is 0 Å². The molecule has 2 amide bonds. The Balaban J connectivity index is 4.70. The number of rotatable bonds is 8. The van der Waals surface area contributed by atoms with Crippen molar-refractivity contribution in [3.63, 3.8) is 0 Å². The number of hydrogen-bond acceptors (Lipinski definition) is 2. The number of nitrogens with one attached hydrogen (secondary N) is 2. The number of carboxylic acid groups (broad SMARTS) is 1. The number of aliphatic carboxylic acids is 1. The average Bonchev–Trinajstić information content (AvgIpc) is 2.41. The van der Waals surface area contributed by atoms with E-state index in [4.69, 9.17) is 5.11 Å². The van der Waals surface area contributed by atoms with Crippen molar-refractivity contribution in [2.75, 3.05) is 0 Å². The zero-order valence-corrected chi connectivity index (χ0v) is 12.7. The Hall–Kier alpha value is -1.26. The Morgan fingerprint density at radius 1 is 1.11 bits per heavy atom. The highest BCUT2D eigenvalue weighted by Gasteiger charge is 2.30. The van der Waals surface area contributed by atoms with E-state index in [1.165, 1.54) is 0 Å². The monoisotopic (exact) mass is 272 g/mol. The van der Waals surface area contributed by atoms with Gasteiger partial charge in [0.05, 0.1) is 0 Å². The third kappa shape index (κ3) is 5.09. The molecule has 0 bridgehead atoms. The molecular weight excluding hydrogens is 244 g/mol. The SMILES string of the molecule is CCC(C)C(NC(=O)NC(CC)(CC)CC)C(=O)O. The van der Waals surface area contributed by atoms with Gasteiger partial charge in [-0.3, -0.25) is 0 Å². The molecule has 0 aliphatic rings. The largest absolute Gasteiger partial charge is 0.480 e. The molecular formula is C14H28N2O3. The molecule has 3 N–H and O–H groups in total. The summed E-state index contributed by atoms with van der Waals surface area (Å²) in [5.74, 6) is -1.08. The Labute approximate surface area is 116 Å². The van der Waals surface area contributed by atoms with Gasteiger partial charge in [0.2, 0.25) is 0 Å². The van der Waals surface area contributed by atoms with Gasteiger partial charge in [-0.25, -0.2) is 9.59 Å². The Morgan fingerprint density at radius 2 is 1.58 bits per heavy atom. The minimum Gasteiger partial charge on any atom is -0.480 e. The maximum absolute atomic E-state index is 12.0. The molecule has 112 valence electrons. The summed E-state index contributed by atoms with van der Waals surface area (Å²) in [6.07, 6.45) is 3.19. The number of hydrogen-bond donors (Lipinski definition) is 3. The Morgan fingerprint density at radius 3 is 1.89 bits per heavy atom. The minimum atomic E-state index is -0.986. The number of amides is 2. The molecule has 0 rings (SSSR count). The van der Waals surface area contributed by atoms with Gasteiger partial charge >= 0.3 is 12.0 Å². The summed E-state index contributed by atoms with van der Waals surface area (Å²) < 4.78 is 0. The van der Waals surface area contributed by atoms with E-state index < -0.39 is 18.0 Å². The smallest absolute Gasteiger partial charge is 0.326 e. The van der Waals surface area contributed by atoms with Crippen LogP contribution in [0.4, 0.5) is 4.79 Å². The normalized spacial score (nSPS) is 14.6. The molecule has 0 saturated heterocycles. The van der Waals surface area contributed by atoms with Gasteiger partial charge in [-0.1, -0.05) is 41.0 Å². The van der Waals surface area contributed by atoms with Crippen LogP contribution >= 0.6 is 0 Å². The van der Waals surface area contributed by atoms with Gasteiger partial charge in [0, 0.05) is 5.54 Å². The molecule has 2 unspecified atom stereocenters.